The average molecular weight is 355 g/mol. The number of ether oxygens (including phenoxy) is 1. The first-order valence-electron chi connectivity index (χ1n) is 8.53. The molecule has 0 atom stereocenters. The number of carbonyl (C=O) groups is 2. The van der Waals surface area contributed by atoms with E-state index in [9.17, 15) is 9.59 Å². The molecule has 6 heteroatoms. The van der Waals surface area contributed by atoms with Gasteiger partial charge in [0.25, 0.3) is 0 Å². The molecular formula is C20H25N3O3. The molecule has 26 heavy (non-hydrogen) atoms. The van der Waals surface area contributed by atoms with Gasteiger partial charge in [-0.05, 0) is 49.6 Å². The number of amides is 3. The summed E-state index contributed by atoms with van der Waals surface area (Å²) in [6.45, 7) is 6.22. The minimum atomic E-state index is -0.477. The summed E-state index contributed by atoms with van der Waals surface area (Å²) in [5.41, 5.74) is 8.83. The van der Waals surface area contributed by atoms with Gasteiger partial charge in [0, 0.05) is 19.2 Å². The number of hydrogen-bond donors (Lipinski definition) is 2. The molecule has 0 aliphatic carbocycles. The molecule has 0 heterocycles. The van der Waals surface area contributed by atoms with Crippen LogP contribution in [-0.2, 0) is 4.79 Å². The van der Waals surface area contributed by atoms with E-state index < -0.39 is 6.03 Å². The molecule has 2 rings (SSSR count). The van der Waals surface area contributed by atoms with Crippen LogP contribution in [0.25, 0.3) is 0 Å². The molecule has 0 saturated carbocycles. The topological polar surface area (TPSA) is 84.7 Å². The summed E-state index contributed by atoms with van der Waals surface area (Å²) in [6, 6.07) is 12.2. The Morgan fingerprint density at radius 2 is 1.77 bits per heavy atom. The standard InChI is InChI=1S/C20H25N3O3/c1-14-7-4-8-15(2)19(14)26-12-6-11-22-20(25)23(16(3)24)18-10-5-9-17(21)13-18/h4-5,7-10,13H,6,11-12,21H2,1-3H3,(H,22,25). The van der Waals surface area contributed by atoms with Crippen LogP contribution in [0, 0.1) is 13.8 Å². The summed E-state index contributed by atoms with van der Waals surface area (Å²) in [5.74, 6) is 0.504. The maximum Gasteiger partial charge on any atom is 0.328 e. The summed E-state index contributed by atoms with van der Waals surface area (Å²) in [4.78, 5) is 25.3. The molecule has 0 radical (unpaired) electrons. The molecule has 0 unspecified atom stereocenters. The van der Waals surface area contributed by atoms with Gasteiger partial charge < -0.3 is 15.8 Å². The lowest BCUT2D eigenvalue weighted by atomic mass is 10.1. The molecule has 0 bridgehead atoms. The molecule has 6 nitrogen and oxygen atoms in total. The summed E-state index contributed by atoms with van der Waals surface area (Å²) in [6.07, 6.45) is 0.627. The minimum absolute atomic E-state index is 0.375. The van der Waals surface area contributed by atoms with E-state index in [0.29, 0.717) is 30.9 Å². The molecule has 0 aliphatic heterocycles. The van der Waals surface area contributed by atoms with Gasteiger partial charge in [-0.25, -0.2) is 9.69 Å². The fraction of sp³-hybridized carbons (Fsp3) is 0.300. The second kappa shape index (κ2) is 8.89. The minimum Gasteiger partial charge on any atom is -0.493 e. The van der Waals surface area contributed by atoms with Crippen molar-refractivity contribution < 1.29 is 14.3 Å². The first kappa shape index (κ1) is 19.3. The Kier molecular flexibility index (Phi) is 6.60. The van der Waals surface area contributed by atoms with Crippen molar-refractivity contribution in [2.45, 2.75) is 27.2 Å². The number of rotatable bonds is 6. The van der Waals surface area contributed by atoms with Crippen LogP contribution < -0.4 is 20.7 Å². The molecule has 0 spiro atoms. The number of nitrogen functional groups attached to an aromatic ring is 1. The number of anilines is 2. The number of aryl methyl sites for hydroxylation is 2. The van der Waals surface area contributed by atoms with Crippen molar-refractivity contribution in [1.29, 1.82) is 0 Å². The number of carbonyl (C=O) groups excluding carboxylic acids is 2. The molecule has 138 valence electrons. The molecule has 0 aliphatic rings. The summed E-state index contributed by atoms with van der Waals surface area (Å²) in [7, 11) is 0. The normalized spacial score (nSPS) is 10.3. The van der Waals surface area contributed by atoms with Crippen molar-refractivity contribution in [1.82, 2.24) is 5.32 Å². The molecule has 2 aromatic carbocycles. The highest BCUT2D eigenvalue weighted by atomic mass is 16.5. The van der Waals surface area contributed by atoms with Crippen LogP contribution in [0.1, 0.15) is 24.5 Å². The summed E-state index contributed by atoms with van der Waals surface area (Å²) in [5, 5.41) is 2.74. The lowest BCUT2D eigenvalue weighted by Gasteiger charge is -2.20. The van der Waals surface area contributed by atoms with E-state index in [1.807, 2.05) is 32.0 Å². The molecule has 2 aromatic rings. The Morgan fingerprint density at radius 3 is 2.38 bits per heavy atom. The maximum absolute atomic E-state index is 12.4. The van der Waals surface area contributed by atoms with Crippen LogP contribution in [-0.4, -0.2) is 25.1 Å². The third-order valence-electron chi connectivity index (χ3n) is 3.90. The van der Waals surface area contributed by atoms with E-state index in [4.69, 9.17) is 10.5 Å². The summed E-state index contributed by atoms with van der Waals surface area (Å²) < 4.78 is 5.81. The first-order chi connectivity index (χ1) is 12.4. The van der Waals surface area contributed by atoms with Gasteiger partial charge in [-0.15, -0.1) is 0 Å². The lowest BCUT2D eigenvalue weighted by molar-refractivity contribution is -0.115. The highest BCUT2D eigenvalue weighted by Gasteiger charge is 2.19. The largest absolute Gasteiger partial charge is 0.493 e. The fourth-order valence-electron chi connectivity index (χ4n) is 2.65. The number of nitrogens with one attached hydrogen (secondary N) is 1. The van der Waals surface area contributed by atoms with Gasteiger partial charge in [0.1, 0.15) is 5.75 Å². The second-order valence-electron chi connectivity index (χ2n) is 6.10. The summed E-state index contributed by atoms with van der Waals surface area (Å²) >= 11 is 0. The predicted molar refractivity (Wildman–Crippen MR) is 103 cm³/mol. The van der Waals surface area contributed by atoms with Crippen LogP contribution in [0.5, 0.6) is 5.75 Å². The van der Waals surface area contributed by atoms with Gasteiger partial charge in [0.2, 0.25) is 5.91 Å². The number of para-hydroxylation sites is 1. The smallest absolute Gasteiger partial charge is 0.328 e. The highest BCUT2D eigenvalue weighted by molar-refractivity contribution is 6.13. The van der Waals surface area contributed by atoms with Crippen LogP contribution in [0.4, 0.5) is 16.2 Å². The van der Waals surface area contributed by atoms with E-state index in [1.165, 1.54) is 6.92 Å². The Morgan fingerprint density at radius 1 is 1.12 bits per heavy atom. The quantitative estimate of drug-likeness (QED) is 0.614. The Labute approximate surface area is 153 Å². The predicted octanol–water partition coefficient (Wildman–Crippen LogP) is 3.42. The number of nitrogens with zero attached hydrogens (tertiary/aromatic N) is 1. The van der Waals surface area contributed by atoms with Crippen LogP contribution >= 0.6 is 0 Å². The Hall–Kier alpha value is -3.02. The highest BCUT2D eigenvalue weighted by Crippen LogP contribution is 2.22. The van der Waals surface area contributed by atoms with E-state index >= 15 is 0 Å². The number of benzene rings is 2. The zero-order chi connectivity index (χ0) is 19.1. The Bertz CT molecular complexity index is 769. The van der Waals surface area contributed by atoms with Gasteiger partial charge in [-0.3, -0.25) is 4.79 Å². The van der Waals surface area contributed by atoms with Crippen molar-refractivity contribution in [2.24, 2.45) is 0 Å². The van der Waals surface area contributed by atoms with Crippen molar-refractivity contribution in [3.8, 4) is 5.75 Å². The maximum atomic E-state index is 12.4. The molecule has 3 N–H and O–H groups in total. The average Bonchev–Trinajstić information content (AvgIpc) is 2.57. The van der Waals surface area contributed by atoms with Crippen LogP contribution in [0.15, 0.2) is 42.5 Å². The molecular weight excluding hydrogens is 330 g/mol. The van der Waals surface area contributed by atoms with Gasteiger partial charge in [0.05, 0.1) is 12.3 Å². The zero-order valence-corrected chi connectivity index (χ0v) is 15.4. The van der Waals surface area contributed by atoms with E-state index in [0.717, 1.165) is 21.8 Å². The Balaban J connectivity index is 1.86. The second-order valence-corrected chi connectivity index (χ2v) is 6.10. The number of hydrogen-bond acceptors (Lipinski definition) is 4. The number of imide groups is 1. The molecule has 0 aromatic heterocycles. The van der Waals surface area contributed by atoms with E-state index in [1.54, 1.807) is 24.3 Å². The molecule has 0 fully saturated rings. The van der Waals surface area contributed by atoms with Gasteiger partial charge in [0.15, 0.2) is 0 Å². The van der Waals surface area contributed by atoms with Gasteiger partial charge >= 0.3 is 6.03 Å². The van der Waals surface area contributed by atoms with Crippen molar-refractivity contribution in [3.05, 3.63) is 53.6 Å². The fourth-order valence-corrected chi connectivity index (χ4v) is 2.65. The monoisotopic (exact) mass is 355 g/mol. The van der Waals surface area contributed by atoms with Crippen LogP contribution in [0.3, 0.4) is 0 Å². The van der Waals surface area contributed by atoms with Crippen molar-refractivity contribution in [2.75, 3.05) is 23.8 Å². The van der Waals surface area contributed by atoms with Crippen molar-refractivity contribution in [3.63, 3.8) is 0 Å². The molecule has 3 amide bonds. The number of urea groups is 1. The third-order valence-corrected chi connectivity index (χ3v) is 3.90. The van der Waals surface area contributed by atoms with Crippen molar-refractivity contribution >= 4 is 23.3 Å². The lowest BCUT2D eigenvalue weighted by Crippen LogP contribution is -2.43. The SMILES string of the molecule is CC(=O)N(C(=O)NCCCOc1c(C)cccc1C)c1cccc(N)c1. The molecule has 0 saturated heterocycles. The van der Waals surface area contributed by atoms with Gasteiger partial charge in [-0.1, -0.05) is 24.3 Å². The third kappa shape index (κ3) is 4.99. The zero-order valence-electron chi connectivity index (χ0n) is 15.4. The number of nitrogens with two attached hydrogens (primary N) is 1. The van der Waals surface area contributed by atoms with Crippen LogP contribution in [0.2, 0.25) is 0 Å². The first-order valence-corrected chi connectivity index (χ1v) is 8.53. The van der Waals surface area contributed by atoms with E-state index in [-0.39, 0.29) is 5.91 Å². The van der Waals surface area contributed by atoms with Gasteiger partial charge in [-0.2, -0.15) is 0 Å². The van der Waals surface area contributed by atoms with E-state index in [2.05, 4.69) is 5.32 Å².